The summed E-state index contributed by atoms with van der Waals surface area (Å²) in [4.78, 5) is 15.3. The molecule has 5 saturated carbocycles. The Bertz CT molecular complexity index is 979. The van der Waals surface area contributed by atoms with Gasteiger partial charge in [0.2, 0.25) is 0 Å². The molecule has 3 spiro atoms. The third kappa shape index (κ3) is 2.16. The van der Waals surface area contributed by atoms with E-state index in [0.717, 1.165) is 25.9 Å². The van der Waals surface area contributed by atoms with Gasteiger partial charge in [-0.1, -0.05) is 13.8 Å². The van der Waals surface area contributed by atoms with Crippen LogP contribution in [0, 0.1) is 28.6 Å². The van der Waals surface area contributed by atoms with Crippen LogP contribution < -0.4 is 0 Å². The van der Waals surface area contributed by atoms with E-state index < -0.39 is 28.3 Å². The predicted octanol–water partition coefficient (Wildman–Crippen LogP) is 1.35. The lowest BCUT2D eigenvalue weighted by atomic mass is 9.41. The first kappa shape index (κ1) is 24.2. The second-order valence-electron chi connectivity index (χ2n) is 12.9. The summed E-state index contributed by atoms with van der Waals surface area (Å²) < 4.78 is 38.7. The normalized spacial score (nSPS) is 60.2. The number of methoxy groups -OCH3 is 3. The number of esters is 1. The van der Waals surface area contributed by atoms with E-state index in [-0.39, 0.29) is 60.3 Å². The van der Waals surface area contributed by atoms with Crippen molar-refractivity contribution in [1.29, 1.82) is 0 Å². The fourth-order valence-electron chi connectivity index (χ4n) is 11.7. The minimum atomic E-state index is -1.16. The molecule has 1 N–H and O–H groups in total. The third-order valence-electron chi connectivity index (χ3n) is 12.2. The molecule has 5 aliphatic carbocycles. The van der Waals surface area contributed by atoms with Crippen LogP contribution in [0.5, 0.6) is 0 Å². The van der Waals surface area contributed by atoms with Gasteiger partial charge >= 0.3 is 5.97 Å². The third-order valence-corrected chi connectivity index (χ3v) is 12.2. The Morgan fingerprint density at radius 3 is 2.53 bits per heavy atom. The molecular formula is C27H41NO8. The van der Waals surface area contributed by atoms with E-state index in [0.29, 0.717) is 12.8 Å². The van der Waals surface area contributed by atoms with Crippen LogP contribution >= 0.6 is 0 Å². The van der Waals surface area contributed by atoms with E-state index >= 15 is 0 Å². The number of piperidine rings is 1. The van der Waals surface area contributed by atoms with Gasteiger partial charge in [-0.15, -0.1) is 0 Å². The maximum atomic E-state index is 13.4. The lowest BCUT2D eigenvalue weighted by Crippen LogP contribution is -2.85. The average Bonchev–Trinajstić information content (AvgIpc) is 3.40. The van der Waals surface area contributed by atoms with Gasteiger partial charge in [0, 0.05) is 59.0 Å². The molecule has 7 fully saturated rings. The molecule has 13 atom stereocenters. The molecule has 7 bridgehead atoms. The summed E-state index contributed by atoms with van der Waals surface area (Å²) >= 11 is 0. The molecule has 2 saturated heterocycles. The molecule has 0 radical (unpaired) electrons. The van der Waals surface area contributed by atoms with Crippen molar-refractivity contribution < 1.29 is 38.3 Å². The highest BCUT2D eigenvalue weighted by molar-refractivity contribution is 5.67. The van der Waals surface area contributed by atoms with Crippen molar-refractivity contribution >= 4 is 5.97 Å². The zero-order valence-corrected chi connectivity index (χ0v) is 22.3. The van der Waals surface area contributed by atoms with E-state index in [1.54, 1.807) is 21.3 Å². The quantitative estimate of drug-likeness (QED) is 0.553. The van der Waals surface area contributed by atoms with Crippen molar-refractivity contribution in [3.8, 4) is 0 Å². The second-order valence-corrected chi connectivity index (χ2v) is 12.9. The van der Waals surface area contributed by atoms with E-state index in [2.05, 4.69) is 18.7 Å². The van der Waals surface area contributed by atoms with Gasteiger partial charge < -0.3 is 33.5 Å². The maximum Gasteiger partial charge on any atom is 0.303 e. The molecule has 1 unspecified atom stereocenters. The molecule has 2 aliphatic heterocycles. The van der Waals surface area contributed by atoms with Crippen LogP contribution in [0.4, 0.5) is 0 Å². The van der Waals surface area contributed by atoms with Crippen LogP contribution in [0.25, 0.3) is 0 Å². The number of likely N-dealkylation sites (tertiary alicyclic amines) is 1. The van der Waals surface area contributed by atoms with Crippen molar-refractivity contribution in [3.63, 3.8) is 0 Å². The van der Waals surface area contributed by atoms with Gasteiger partial charge in [-0.05, 0) is 31.2 Å². The van der Waals surface area contributed by atoms with Gasteiger partial charge in [0.05, 0.1) is 35.4 Å². The van der Waals surface area contributed by atoms with E-state index in [1.165, 1.54) is 6.92 Å². The smallest absolute Gasteiger partial charge is 0.303 e. The fraction of sp³-hybridized carbons (Fsp3) is 0.963. The van der Waals surface area contributed by atoms with Gasteiger partial charge in [-0.3, -0.25) is 9.69 Å². The minimum absolute atomic E-state index is 0.0317. The molecule has 0 aromatic heterocycles. The number of ether oxygens (including phenoxy) is 6. The number of hydrogen-bond acceptors (Lipinski definition) is 9. The van der Waals surface area contributed by atoms with Crippen molar-refractivity contribution in [3.05, 3.63) is 0 Å². The topological polar surface area (TPSA) is 95.9 Å². The number of nitrogens with zero attached hydrogens (tertiary/aromatic N) is 1. The van der Waals surface area contributed by atoms with Crippen molar-refractivity contribution in [2.75, 3.05) is 41.2 Å². The molecular weight excluding hydrogens is 466 g/mol. The monoisotopic (exact) mass is 507 g/mol. The Hall–Kier alpha value is -0.810. The zero-order valence-electron chi connectivity index (χ0n) is 22.3. The standard InChI is InChI=1S/C27H41NO8/c1-7-28-12-23(3)9-8-17(32-5)26-20(23)21(36-14(2)29)27(22(26)28)25(34-13-35-27)11-16(31-4)15-10-24(26,30)19(25)18(15)33-6/h15-22,30H,7-13H2,1-6H3/t15-,16+,17+,18-,19+,20-,21+,22?,23+,24+,25-,26-,27-/m0/s1. The van der Waals surface area contributed by atoms with Gasteiger partial charge in [0.15, 0.2) is 5.60 Å². The van der Waals surface area contributed by atoms with E-state index in [1.807, 2.05) is 0 Å². The molecule has 7 rings (SSSR count). The lowest BCUT2D eigenvalue weighted by molar-refractivity contribution is -0.332. The highest BCUT2D eigenvalue weighted by Crippen LogP contribution is 2.83. The van der Waals surface area contributed by atoms with Crippen LogP contribution in [0.1, 0.15) is 46.5 Å². The molecule has 0 aromatic rings. The highest BCUT2D eigenvalue weighted by atomic mass is 16.7. The van der Waals surface area contributed by atoms with Gasteiger partial charge in [-0.2, -0.15) is 0 Å². The van der Waals surface area contributed by atoms with Crippen molar-refractivity contribution in [1.82, 2.24) is 4.90 Å². The zero-order chi connectivity index (χ0) is 25.5. The molecule has 2 heterocycles. The number of carbonyl (C=O) groups is 1. The Morgan fingerprint density at radius 2 is 1.89 bits per heavy atom. The van der Waals surface area contributed by atoms with Crippen molar-refractivity contribution in [2.24, 2.45) is 28.6 Å². The summed E-state index contributed by atoms with van der Waals surface area (Å²) in [5.41, 5.74) is -3.94. The SMILES string of the molecule is CCN1C[C@@]2(C)CC[C@@H](OC)[C@]34C1[C@@]1(OCO[C@]15C[C@@H](OC)[C@@H]1C[C@@]3(O)[C@H]5[C@H]1OC)[C@H](OC(C)=O)[C@@H]24. The predicted molar refractivity (Wildman–Crippen MR) is 126 cm³/mol. The molecule has 202 valence electrons. The second kappa shape index (κ2) is 7.23. The van der Waals surface area contributed by atoms with Gasteiger partial charge in [-0.25, -0.2) is 0 Å². The number of fused-ring (bicyclic) bond motifs is 1. The summed E-state index contributed by atoms with van der Waals surface area (Å²) in [6.45, 7) is 7.72. The first-order valence-electron chi connectivity index (χ1n) is 13.7. The summed E-state index contributed by atoms with van der Waals surface area (Å²) in [5.74, 6) is -0.771. The van der Waals surface area contributed by atoms with Crippen LogP contribution in [-0.4, -0.2) is 104 Å². The molecule has 0 amide bonds. The maximum absolute atomic E-state index is 13.4. The number of aliphatic hydroxyl groups is 1. The Balaban J connectivity index is 1.61. The largest absolute Gasteiger partial charge is 0.459 e. The van der Waals surface area contributed by atoms with Gasteiger partial charge in [0.1, 0.15) is 18.5 Å². The minimum Gasteiger partial charge on any atom is -0.459 e. The van der Waals surface area contributed by atoms with Crippen LogP contribution in [0.2, 0.25) is 0 Å². The molecule has 9 nitrogen and oxygen atoms in total. The molecule has 7 aliphatic rings. The van der Waals surface area contributed by atoms with E-state index in [4.69, 9.17) is 28.4 Å². The van der Waals surface area contributed by atoms with Crippen LogP contribution in [0.15, 0.2) is 0 Å². The number of hydrogen-bond donors (Lipinski definition) is 1. The number of carbonyl (C=O) groups excluding carboxylic acids is 1. The number of rotatable bonds is 5. The molecule has 9 heteroatoms. The van der Waals surface area contributed by atoms with Gasteiger partial charge in [0.25, 0.3) is 0 Å². The van der Waals surface area contributed by atoms with Crippen LogP contribution in [0.3, 0.4) is 0 Å². The average molecular weight is 508 g/mol. The Morgan fingerprint density at radius 1 is 1.11 bits per heavy atom. The molecule has 36 heavy (non-hydrogen) atoms. The first-order valence-corrected chi connectivity index (χ1v) is 13.7. The first-order chi connectivity index (χ1) is 17.2. The number of likely N-dealkylation sites (N-methyl/N-ethyl adjacent to an activating group) is 1. The summed E-state index contributed by atoms with van der Waals surface area (Å²) in [6, 6.07) is -0.224. The lowest BCUT2D eigenvalue weighted by Gasteiger charge is -2.71. The Kier molecular flexibility index (Phi) is 4.87. The fourth-order valence-corrected chi connectivity index (χ4v) is 11.7. The highest BCUT2D eigenvalue weighted by Gasteiger charge is 2.97. The van der Waals surface area contributed by atoms with Crippen molar-refractivity contribution in [2.45, 2.75) is 93.7 Å². The summed E-state index contributed by atoms with van der Waals surface area (Å²) in [6.07, 6.45) is 1.69. The molecule has 0 aromatic carbocycles. The summed E-state index contributed by atoms with van der Waals surface area (Å²) in [7, 11) is 5.23. The van der Waals surface area contributed by atoms with E-state index in [9.17, 15) is 9.90 Å². The summed E-state index contributed by atoms with van der Waals surface area (Å²) in [5, 5.41) is 13.4. The van der Waals surface area contributed by atoms with Crippen LogP contribution in [-0.2, 0) is 33.2 Å². The Labute approximate surface area is 213 Å².